The predicted molar refractivity (Wildman–Crippen MR) is 48.5 cm³/mol. The van der Waals surface area contributed by atoms with Crippen molar-refractivity contribution >= 4 is 13.7 Å². The summed E-state index contributed by atoms with van der Waals surface area (Å²) in [6.07, 6.45) is 8.81. The first-order valence-corrected chi connectivity index (χ1v) is 6.48. The van der Waals surface area contributed by atoms with Gasteiger partial charge in [-0.05, 0) is 31.1 Å². The predicted octanol–water partition coefficient (Wildman–Crippen LogP) is 2.24. The van der Waals surface area contributed by atoms with Gasteiger partial charge in [-0.3, -0.25) is 4.79 Å². The second-order valence-corrected chi connectivity index (χ2v) is 6.31. The van der Waals surface area contributed by atoms with Gasteiger partial charge in [-0.15, -0.1) is 0 Å². The number of rotatable bonds is 0. The van der Waals surface area contributed by atoms with E-state index in [0.29, 0.717) is 5.78 Å². The van der Waals surface area contributed by atoms with Crippen LogP contribution in [0, 0.1) is 5.92 Å². The monoisotopic (exact) mass is 170 g/mol. The molecule has 1 nitrogen and oxygen atoms in total. The third-order valence-corrected chi connectivity index (χ3v) is 5.55. The van der Waals surface area contributed by atoms with Crippen molar-refractivity contribution in [2.24, 2.45) is 5.92 Å². The lowest BCUT2D eigenvalue weighted by atomic mass is 9.99. The van der Waals surface area contributed by atoms with Crippen LogP contribution in [-0.2, 0) is 4.79 Å². The molecule has 2 bridgehead atoms. The van der Waals surface area contributed by atoms with E-state index in [2.05, 4.69) is 0 Å². The summed E-state index contributed by atoms with van der Waals surface area (Å²) in [7, 11) is 0.162. The normalized spacial score (nSPS) is 38.4. The molecular formula is C9H15OP. The van der Waals surface area contributed by atoms with Crippen LogP contribution >= 0.6 is 7.92 Å². The number of hydrogen-bond acceptors (Lipinski definition) is 1. The summed E-state index contributed by atoms with van der Waals surface area (Å²) < 4.78 is 0. The molecule has 2 heteroatoms. The molecule has 2 atom stereocenters. The zero-order valence-corrected chi connectivity index (χ0v) is 7.78. The lowest BCUT2D eigenvalue weighted by Crippen LogP contribution is -2.20. The van der Waals surface area contributed by atoms with E-state index in [1.54, 1.807) is 0 Å². The highest BCUT2D eigenvalue weighted by Crippen LogP contribution is 2.46. The third kappa shape index (κ3) is 1.82. The van der Waals surface area contributed by atoms with Crippen LogP contribution in [0.2, 0.25) is 0 Å². The molecule has 0 aromatic heterocycles. The minimum atomic E-state index is 0.162. The Morgan fingerprint density at radius 3 is 3.18 bits per heavy atom. The van der Waals surface area contributed by atoms with E-state index in [1.165, 1.54) is 31.6 Å². The van der Waals surface area contributed by atoms with Gasteiger partial charge in [0.2, 0.25) is 0 Å². The summed E-state index contributed by atoms with van der Waals surface area (Å²) in [5.74, 6) is 1.36. The minimum Gasteiger partial charge on any atom is -0.299 e. The summed E-state index contributed by atoms with van der Waals surface area (Å²) in [6, 6.07) is 0. The molecule has 2 aliphatic rings. The zero-order valence-electron chi connectivity index (χ0n) is 6.88. The molecule has 2 rings (SSSR count). The van der Waals surface area contributed by atoms with Gasteiger partial charge in [0.25, 0.3) is 0 Å². The zero-order chi connectivity index (χ0) is 7.68. The Balaban J connectivity index is 2.04. The fourth-order valence-corrected chi connectivity index (χ4v) is 5.07. The Morgan fingerprint density at radius 1 is 1.36 bits per heavy atom. The summed E-state index contributed by atoms with van der Waals surface area (Å²) >= 11 is 0. The van der Waals surface area contributed by atoms with Crippen LogP contribution in [0.25, 0.3) is 0 Å². The Labute approximate surface area is 69.3 Å². The Bertz CT molecular complexity index is 151. The van der Waals surface area contributed by atoms with Crippen molar-refractivity contribution < 1.29 is 4.79 Å². The smallest absolute Gasteiger partial charge is 0.137 e. The molecule has 0 amide bonds. The molecule has 0 spiro atoms. The van der Waals surface area contributed by atoms with Crippen molar-refractivity contribution in [2.45, 2.75) is 25.7 Å². The Morgan fingerprint density at radius 2 is 2.27 bits per heavy atom. The lowest BCUT2D eigenvalue weighted by molar-refractivity contribution is -0.117. The molecule has 11 heavy (non-hydrogen) atoms. The van der Waals surface area contributed by atoms with Crippen LogP contribution in [0.15, 0.2) is 0 Å². The van der Waals surface area contributed by atoms with E-state index in [4.69, 9.17) is 0 Å². The van der Waals surface area contributed by atoms with Crippen LogP contribution in [-0.4, -0.2) is 24.3 Å². The average Bonchev–Trinajstić information content (AvgIpc) is 2.11. The van der Waals surface area contributed by atoms with Crippen LogP contribution in [0.5, 0.6) is 0 Å². The molecule has 0 radical (unpaired) electrons. The number of ketones is 1. The maximum absolute atomic E-state index is 11.2. The average molecular weight is 170 g/mol. The van der Waals surface area contributed by atoms with E-state index in [1.807, 2.05) is 0 Å². The summed E-state index contributed by atoms with van der Waals surface area (Å²) in [4.78, 5) is 11.2. The van der Waals surface area contributed by atoms with Gasteiger partial charge in [-0.2, -0.15) is 0 Å². The number of Topliss-reactive ketones (excluding diaryl/α,β-unsaturated/α-hetero) is 1. The van der Waals surface area contributed by atoms with Crippen LogP contribution in [0.1, 0.15) is 25.7 Å². The summed E-state index contributed by atoms with van der Waals surface area (Å²) in [6.45, 7) is 0. The standard InChI is InChI=1S/C9H15OP/c10-9-5-8-3-1-2-4-11(6-8)7-9/h8H,1-7H2. The topological polar surface area (TPSA) is 17.1 Å². The first-order chi connectivity index (χ1) is 5.34. The van der Waals surface area contributed by atoms with Crippen molar-refractivity contribution in [1.29, 1.82) is 0 Å². The number of carbonyl (C=O) groups is 1. The van der Waals surface area contributed by atoms with Crippen molar-refractivity contribution in [2.75, 3.05) is 18.5 Å². The SMILES string of the molecule is O=C1CC2CCCCP(C1)C2. The maximum Gasteiger partial charge on any atom is 0.137 e. The number of hydrogen-bond donors (Lipinski definition) is 0. The molecule has 2 fully saturated rings. The van der Waals surface area contributed by atoms with Crippen LogP contribution < -0.4 is 0 Å². The molecule has 62 valence electrons. The molecule has 0 aromatic carbocycles. The first-order valence-electron chi connectivity index (χ1n) is 4.58. The number of fused-ring (bicyclic) bond motifs is 2. The van der Waals surface area contributed by atoms with Gasteiger partial charge in [0.05, 0.1) is 0 Å². The van der Waals surface area contributed by atoms with E-state index in [0.717, 1.165) is 18.5 Å². The molecule has 0 N–H and O–H groups in total. The highest BCUT2D eigenvalue weighted by atomic mass is 31.1. The largest absolute Gasteiger partial charge is 0.299 e. The van der Waals surface area contributed by atoms with Gasteiger partial charge in [0.1, 0.15) is 5.78 Å². The van der Waals surface area contributed by atoms with Gasteiger partial charge in [0.15, 0.2) is 0 Å². The maximum atomic E-state index is 11.2. The molecule has 0 saturated carbocycles. The van der Waals surface area contributed by atoms with Crippen molar-refractivity contribution in [1.82, 2.24) is 0 Å². The van der Waals surface area contributed by atoms with Crippen LogP contribution in [0.4, 0.5) is 0 Å². The second kappa shape index (κ2) is 3.23. The molecule has 2 heterocycles. The molecule has 2 aliphatic heterocycles. The summed E-state index contributed by atoms with van der Waals surface area (Å²) in [5, 5.41) is 0. The third-order valence-electron chi connectivity index (χ3n) is 2.77. The van der Waals surface area contributed by atoms with Crippen molar-refractivity contribution in [3.63, 3.8) is 0 Å². The number of carbonyl (C=O) groups excluding carboxylic acids is 1. The molecule has 0 aromatic rings. The van der Waals surface area contributed by atoms with Gasteiger partial charge < -0.3 is 0 Å². The van der Waals surface area contributed by atoms with E-state index < -0.39 is 0 Å². The highest BCUT2D eigenvalue weighted by molar-refractivity contribution is 7.58. The Kier molecular flexibility index (Phi) is 2.27. The second-order valence-electron chi connectivity index (χ2n) is 3.84. The van der Waals surface area contributed by atoms with Crippen molar-refractivity contribution in [3.05, 3.63) is 0 Å². The molecule has 2 unspecified atom stereocenters. The molecular weight excluding hydrogens is 155 g/mol. The van der Waals surface area contributed by atoms with Gasteiger partial charge >= 0.3 is 0 Å². The van der Waals surface area contributed by atoms with Crippen LogP contribution in [0.3, 0.4) is 0 Å². The van der Waals surface area contributed by atoms with E-state index in [-0.39, 0.29) is 7.92 Å². The molecule has 2 saturated heterocycles. The summed E-state index contributed by atoms with van der Waals surface area (Å²) in [5.41, 5.74) is 0. The van der Waals surface area contributed by atoms with E-state index >= 15 is 0 Å². The fraction of sp³-hybridized carbons (Fsp3) is 0.889. The minimum absolute atomic E-state index is 0.162. The fourth-order valence-electron chi connectivity index (χ4n) is 2.26. The molecule has 0 aliphatic carbocycles. The van der Waals surface area contributed by atoms with Gasteiger partial charge in [-0.1, -0.05) is 14.3 Å². The van der Waals surface area contributed by atoms with Gasteiger partial charge in [-0.25, -0.2) is 0 Å². The Hall–Kier alpha value is 0.100. The van der Waals surface area contributed by atoms with Crippen molar-refractivity contribution in [3.8, 4) is 0 Å². The van der Waals surface area contributed by atoms with E-state index in [9.17, 15) is 4.79 Å². The quantitative estimate of drug-likeness (QED) is 0.509. The van der Waals surface area contributed by atoms with Gasteiger partial charge in [0, 0.05) is 12.6 Å². The first kappa shape index (κ1) is 7.73. The highest BCUT2D eigenvalue weighted by Gasteiger charge is 2.28. The lowest BCUT2D eigenvalue weighted by Gasteiger charge is -2.25.